The van der Waals surface area contributed by atoms with Gasteiger partial charge in [0.25, 0.3) is 0 Å². The quantitative estimate of drug-likeness (QED) is 0.0756. The van der Waals surface area contributed by atoms with E-state index < -0.39 is 0 Å². The van der Waals surface area contributed by atoms with Gasteiger partial charge in [-0.05, 0) is 133 Å². The minimum Gasteiger partial charge on any atom is -0.243 e. The number of halogens is 2. The van der Waals surface area contributed by atoms with E-state index in [1.807, 2.05) is 0 Å². The van der Waals surface area contributed by atoms with Crippen molar-refractivity contribution < 1.29 is 8.78 Å². The first-order valence-corrected chi connectivity index (χ1v) is 25.7. The fourth-order valence-corrected chi connectivity index (χ4v) is 12.1. The molecule has 5 aromatic carbocycles. The molecule has 3 aromatic heterocycles. The maximum atomic E-state index is 14.3. The summed E-state index contributed by atoms with van der Waals surface area (Å²) in [7, 11) is 0. The molecule has 2 nitrogen and oxygen atoms in total. The number of benzene rings is 5. The molecule has 1 aliphatic rings. The Morgan fingerprint density at radius 2 is 0.877 bits per heavy atom. The fraction of sp³-hybridized carbons (Fsp3) is 0.322. The molecule has 0 fully saturated rings. The summed E-state index contributed by atoms with van der Waals surface area (Å²) in [6.07, 6.45) is 17.9. The summed E-state index contributed by atoms with van der Waals surface area (Å²) in [5, 5.41) is 0. The van der Waals surface area contributed by atoms with Gasteiger partial charge < -0.3 is 0 Å². The van der Waals surface area contributed by atoms with E-state index in [9.17, 15) is 8.78 Å². The van der Waals surface area contributed by atoms with Crippen LogP contribution in [0, 0.1) is 25.5 Å². The van der Waals surface area contributed by atoms with Crippen LogP contribution in [-0.2, 0) is 5.41 Å². The highest BCUT2D eigenvalue weighted by atomic mass is 32.1. The maximum Gasteiger partial charge on any atom is 0.123 e. The predicted octanol–water partition coefficient (Wildman–Crippen LogP) is 18.8. The summed E-state index contributed by atoms with van der Waals surface area (Å²) in [5.41, 5.74) is 14.8. The van der Waals surface area contributed by atoms with Gasteiger partial charge in [0.05, 0.1) is 22.4 Å². The number of unbranched alkanes of at least 4 members (excludes halogenated alkanes) is 10. The summed E-state index contributed by atoms with van der Waals surface area (Å²) in [6, 6.07) is 40.5. The Hall–Kier alpha value is -5.30. The average molecular weight is 899 g/mol. The molecule has 0 spiro atoms. The Labute approximate surface area is 392 Å². The zero-order chi connectivity index (χ0) is 44.9. The van der Waals surface area contributed by atoms with Gasteiger partial charge in [-0.25, -0.2) is 18.7 Å². The molecule has 1 aliphatic carbocycles. The van der Waals surface area contributed by atoms with Crippen molar-refractivity contribution in [1.82, 2.24) is 9.97 Å². The molecule has 332 valence electrons. The molecule has 0 atom stereocenters. The van der Waals surface area contributed by atoms with Gasteiger partial charge in [0.15, 0.2) is 0 Å². The van der Waals surface area contributed by atoms with Crippen LogP contribution in [0.3, 0.4) is 0 Å². The molecule has 8 aromatic rings. The van der Waals surface area contributed by atoms with Crippen LogP contribution in [0.2, 0.25) is 0 Å². The molecular formula is C59H60F2N2S2. The fourth-order valence-electron chi connectivity index (χ4n) is 10.2. The Morgan fingerprint density at radius 3 is 1.42 bits per heavy atom. The Balaban J connectivity index is 1.15. The summed E-state index contributed by atoms with van der Waals surface area (Å²) in [6.45, 7) is 8.98. The second-order valence-electron chi connectivity index (χ2n) is 18.3. The summed E-state index contributed by atoms with van der Waals surface area (Å²) >= 11 is 3.53. The van der Waals surface area contributed by atoms with Crippen LogP contribution >= 0.6 is 22.7 Å². The number of thiophene rings is 2. The lowest BCUT2D eigenvalue weighted by molar-refractivity contribution is 0.398. The Morgan fingerprint density at radius 1 is 0.431 bits per heavy atom. The van der Waals surface area contributed by atoms with Gasteiger partial charge >= 0.3 is 0 Å². The van der Waals surface area contributed by atoms with E-state index in [1.54, 1.807) is 52.5 Å². The van der Waals surface area contributed by atoms with Crippen molar-refractivity contribution in [3.8, 4) is 65.0 Å². The molecule has 9 rings (SSSR count). The van der Waals surface area contributed by atoms with Crippen molar-refractivity contribution in [1.29, 1.82) is 0 Å². The SMILES string of the molecule is CCCCCCCCC1(CCCCCCCC)c2cc(C)ccc2-c2ccc(-c3ccc(-c4ccc(-c5ccc(C)s5)c5nc(-c6ccc(F)cc6)c(-c6ccc(F)cc6)nc45)s3)cc21. The van der Waals surface area contributed by atoms with Gasteiger partial charge in [-0.3, -0.25) is 0 Å². The number of hydrogen-bond acceptors (Lipinski definition) is 4. The maximum absolute atomic E-state index is 14.3. The number of fused-ring (bicyclic) bond motifs is 4. The molecule has 65 heavy (non-hydrogen) atoms. The van der Waals surface area contributed by atoms with Crippen LogP contribution in [0.4, 0.5) is 8.78 Å². The molecule has 0 aliphatic heterocycles. The number of aryl methyl sites for hydroxylation is 2. The third-order valence-corrected chi connectivity index (χ3v) is 15.9. The monoisotopic (exact) mass is 898 g/mol. The van der Waals surface area contributed by atoms with Gasteiger partial charge in [0.1, 0.15) is 11.6 Å². The molecule has 0 bridgehead atoms. The molecule has 0 N–H and O–H groups in total. The normalized spacial score (nSPS) is 12.8. The minimum absolute atomic E-state index is 0.00303. The Kier molecular flexibility index (Phi) is 13.9. The number of aromatic nitrogens is 2. The van der Waals surface area contributed by atoms with Gasteiger partial charge in [0.2, 0.25) is 0 Å². The molecule has 3 heterocycles. The van der Waals surface area contributed by atoms with Crippen LogP contribution < -0.4 is 0 Å². The van der Waals surface area contributed by atoms with Crippen molar-refractivity contribution in [3.05, 3.63) is 155 Å². The highest BCUT2D eigenvalue weighted by Gasteiger charge is 2.42. The van der Waals surface area contributed by atoms with Crippen LogP contribution in [0.1, 0.15) is 125 Å². The van der Waals surface area contributed by atoms with E-state index in [4.69, 9.17) is 9.97 Å². The lowest BCUT2D eigenvalue weighted by Gasteiger charge is -2.33. The van der Waals surface area contributed by atoms with E-state index in [-0.39, 0.29) is 17.0 Å². The van der Waals surface area contributed by atoms with Gasteiger partial charge in [-0.15, -0.1) is 22.7 Å². The summed E-state index contributed by atoms with van der Waals surface area (Å²) < 4.78 is 28.6. The third-order valence-electron chi connectivity index (χ3n) is 13.7. The molecule has 0 saturated carbocycles. The molecule has 0 amide bonds. The highest BCUT2D eigenvalue weighted by Crippen LogP contribution is 2.56. The van der Waals surface area contributed by atoms with Gasteiger partial charge in [0, 0.05) is 47.2 Å². The average Bonchev–Trinajstić information content (AvgIpc) is 4.05. The van der Waals surface area contributed by atoms with Crippen molar-refractivity contribution in [2.45, 2.75) is 123 Å². The van der Waals surface area contributed by atoms with E-state index in [2.05, 4.69) is 100 Å². The van der Waals surface area contributed by atoms with E-state index in [0.717, 1.165) is 43.0 Å². The minimum atomic E-state index is -0.319. The van der Waals surface area contributed by atoms with Gasteiger partial charge in [-0.2, -0.15) is 0 Å². The lowest BCUT2D eigenvalue weighted by atomic mass is 9.70. The second kappa shape index (κ2) is 20.1. The smallest absolute Gasteiger partial charge is 0.123 e. The van der Waals surface area contributed by atoms with Crippen LogP contribution in [0.25, 0.3) is 76.0 Å². The lowest BCUT2D eigenvalue weighted by Crippen LogP contribution is -2.25. The molecule has 0 saturated heterocycles. The second-order valence-corrected chi connectivity index (χ2v) is 20.7. The zero-order valence-electron chi connectivity index (χ0n) is 38.4. The first-order valence-electron chi connectivity index (χ1n) is 24.1. The third kappa shape index (κ3) is 9.40. The number of rotatable bonds is 19. The van der Waals surface area contributed by atoms with E-state index in [1.165, 1.54) is 152 Å². The van der Waals surface area contributed by atoms with Crippen LogP contribution in [0.15, 0.2) is 121 Å². The van der Waals surface area contributed by atoms with Crippen LogP contribution in [-0.4, -0.2) is 9.97 Å². The summed E-state index contributed by atoms with van der Waals surface area (Å²) in [4.78, 5) is 15.5. The number of hydrogen-bond donors (Lipinski definition) is 0. The molecule has 6 heteroatoms. The zero-order valence-corrected chi connectivity index (χ0v) is 40.0. The largest absolute Gasteiger partial charge is 0.243 e. The topological polar surface area (TPSA) is 25.8 Å². The molecular weight excluding hydrogens is 839 g/mol. The van der Waals surface area contributed by atoms with E-state index >= 15 is 0 Å². The molecule has 0 radical (unpaired) electrons. The molecule has 0 unspecified atom stereocenters. The van der Waals surface area contributed by atoms with Crippen molar-refractivity contribution in [3.63, 3.8) is 0 Å². The van der Waals surface area contributed by atoms with Crippen LogP contribution in [0.5, 0.6) is 0 Å². The van der Waals surface area contributed by atoms with E-state index in [0.29, 0.717) is 11.4 Å². The first kappa shape index (κ1) is 44.9. The first-order chi connectivity index (χ1) is 31.8. The van der Waals surface area contributed by atoms with Crippen molar-refractivity contribution in [2.24, 2.45) is 0 Å². The van der Waals surface area contributed by atoms with Crippen molar-refractivity contribution in [2.75, 3.05) is 0 Å². The number of nitrogens with zero attached hydrogens (tertiary/aromatic N) is 2. The summed E-state index contributed by atoms with van der Waals surface area (Å²) in [5.74, 6) is -0.638. The highest BCUT2D eigenvalue weighted by molar-refractivity contribution is 7.19. The Bertz CT molecular complexity index is 2890. The van der Waals surface area contributed by atoms with Gasteiger partial charge in [-0.1, -0.05) is 139 Å². The predicted molar refractivity (Wildman–Crippen MR) is 274 cm³/mol. The standard InChI is InChI=1S/C59H60F2N2S2/c1-5-7-9-11-13-15-35-59(36-16-14-12-10-8-6-2)50-37-39(3)17-28-46(50)47-29-23-43(38-51(47)59)52-33-34-54(65-52)49-31-30-48(53-32-18-40(4)64-53)57-58(49)63-56(42-21-26-45(61)27-22-42)55(62-57)41-19-24-44(60)25-20-41/h17-34,37-38H,5-16,35-36H2,1-4H3. The van der Waals surface area contributed by atoms with Crippen molar-refractivity contribution >= 4 is 33.7 Å².